The Labute approximate surface area is 338 Å². The van der Waals surface area contributed by atoms with Gasteiger partial charge in [-0.1, -0.05) is 41.4 Å². The number of halogens is 7. The number of piperidine rings is 2. The molecule has 310 valence electrons. The smallest absolute Gasteiger partial charge is 0.369 e. The lowest BCUT2D eigenvalue weighted by atomic mass is 9.92. The molecule has 0 aromatic heterocycles. The lowest BCUT2D eigenvalue weighted by Gasteiger charge is -2.37. The minimum Gasteiger partial charge on any atom is -0.369 e. The number of rotatable bonds is 12. The molecular weight excluding hydrogens is 772 g/mol. The highest BCUT2D eigenvalue weighted by Gasteiger charge is 2.38. The lowest BCUT2D eigenvalue weighted by Crippen LogP contribution is -2.47. The Hall–Kier alpha value is -2.61. The first-order valence-corrected chi connectivity index (χ1v) is 20.7. The SMILES string of the molecule is CC(=O)CN1CCC(CCN2CC=C(c3cccc(Cl)c3Cl)CC2)CC1.CC(=O)CN1CCC(CCN2CCN(c3cc(F)c(C(F)(F)F)c(F)c3)CC2)CC1. The van der Waals surface area contributed by atoms with Crippen molar-refractivity contribution in [3.63, 3.8) is 0 Å². The third-order valence-electron chi connectivity index (χ3n) is 11.7. The predicted molar refractivity (Wildman–Crippen MR) is 214 cm³/mol. The van der Waals surface area contributed by atoms with Crippen LogP contribution in [0.15, 0.2) is 36.4 Å². The first kappa shape index (κ1) is 44.5. The van der Waals surface area contributed by atoms with E-state index in [-0.39, 0.29) is 17.3 Å². The molecule has 0 atom stereocenters. The molecule has 4 aliphatic rings. The van der Waals surface area contributed by atoms with Gasteiger partial charge >= 0.3 is 6.18 Å². The van der Waals surface area contributed by atoms with Crippen molar-refractivity contribution in [1.82, 2.24) is 19.6 Å². The monoisotopic (exact) mass is 827 g/mol. The van der Waals surface area contributed by atoms with Crippen molar-refractivity contribution in [1.29, 1.82) is 0 Å². The molecule has 0 N–H and O–H groups in total. The molecule has 0 amide bonds. The van der Waals surface area contributed by atoms with Gasteiger partial charge in [-0.15, -0.1) is 0 Å². The molecule has 0 aliphatic carbocycles. The van der Waals surface area contributed by atoms with E-state index in [0.29, 0.717) is 55.2 Å². The maximum Gasteiger partial charge on any atom is 0.422 e. The van der Waals surface area contributed by atoms with Crippen molar-refractivity contribution in [3.05, 3.63) is 69.2 Å². The molecule has 0 saturated carbocycles. The standard InChI is InChI=1S/C21H28Cl2N2O.C21H28F5N3O/c1-16(26)15-25-11-6-17(7-12-25)5-10-24-13-8-18(9-14-24)19-3-2-4-20(22)21(19)23;1-15(30)14-28-6-3-16(4-7-28)2-5-27-8-10-29(11-9-27)17-12-18(22)20(19(23)13-17)21(24,25)26/h2-4,8,17H,5-7,9-15H2,1H3;12-13,16H,2-11,14H2,1H3. The Bertz CT molecular complexity index is 1630. The number of carbonyl (C=O) groups excluding carboxylic acids is 2. The van der Waals surface area contributed by atoms with Gasteiger partial charge in [-0.25, -0.2) is 8.78 Å². The average Bonchev–Trinajstić information content (AvgIpc) is 3.15. The summed E-state index contributed by atoms with van der Waals surface area (Å²) >= 11 is 12.5. The number of Topliss-reactive ketones (excluding diaryl/α,β-unsaturated/α-hetero) is 2. The molecule has 3 fully saturated rings. The maximum atomic E-state index is 13.8. The van der Waals surface area contributed by atoms with Crippen LogP contribution < -0.4 is 4.90 Å². The van der Waals surface area contributed by atoms with E-state index < -0.39 is 23.4 Å². The van der Waals surface area contributed by atoms with Crippen LogP contribution >= 0.6 is 23.2 Å². The van der Waals surface area contributed by atoms with Crippen molar-refractivity contribution in [2.45, 2.75) is 65.0 Å². The Morgan fingerprint density at radius 1 is 0.714 bits per heavy atom. The summed E-state index contributed by atoms with van der Waals surface area (Å²) in [5.41, 5.74) is 0.706. The first-order chi connectivity index (χ1) is 26.7. The van der Waals surface area contributed by atoms with Gasteiger partial charge in [-0.3, -0.25) is 29.2 Å². The number of carbonyl (C=O) groups is 2. The van der Waals surface area contributed by atoms with Gasteiger partial charge in [-0.05, 0) is 139 Å². The molecule has 2 aromatic rings. The molecular formula is C42H56Cl2F5N5O2. The van der Waals surface area contributed by atoms with Gasteiger partial charge in [0, 0.05) is 45.0 Å². The van der Waals surface area contributed by atoms with E-state index in [9.17, 15) is 31.5 Å². The number of ketones is 2. The predicted octanol–water partition coefficient (Wildman–Crippen LogP) is 8.57. The van der Waals surface area contributed by atoms with Crippen LogP contribution in [0.5, 0.6) is 0 Å². The van der Waals surface area contributed by atoms with Gasteiger partial charge in [0.1, 0.15) is 28.8 Å². The van der Waals surface area contributed by atoms with Crippen LogP contribution in [-0.4, -0.2) is 123 Å². The van der Waals surface area contributed by atoms with Gasteiger partial charge in [-0.2, -0.15) is 13.2 Å². The Kier molecular flexibility index (Phi) is 16.6. The molecule has 0 radical (unpaired) electrons. The summed E-state index contributed by atoms with van der Waals surface area (Å²) in [6.45, 7) is 15.1. The fraction of sp³-hybridized carbons (Fsp3) is 0.619. The molecule has 0 bridgehead atoms. The van der Waals surface area contributed by atoms with Gasteiger partial charge < -0.3 is 4.90 Å². The number of hydrogen-bond donors (Lipinski definition) is 0. The van der Waals surface area contributed by atoms with Crippen molar-refractivity contribution in [2.75, 3.05) is 96.5 Å². The second-order valence-electron chi connectivity index (χ2n) is 15.9. The summed E-state index contributed by atoms with van der Waals surface area (Å²) in [5, 5.41) is 1.30. The van der Waals surface area contributed by atoms with E-state index >= 15 is 0 Å². The minimum absolute atomic E-state index is 0.149. The third-order valence-corrected chi connectivity index (χ3v) is 12.5. The third kappa shape index (κ3) is 13.2. The molecule has 4 heterocycles. The average molecular weight is 829 g/mol. The molecule has 3 saturated heterocycles. The number of nitrogens with zero attached hydrogens (tertiary/aromatic N) is 5. The van der Waals surface area contributed by atoms with Crippen LogP contribution in [0.2, 0.25) is 10.0 Å². The summed E-state index contributed by atoms with van der Waals surface area (Å²) < 4.78 is 65.9. The van der Waals surface area contributed by atoms with Crippen molar-refractivity contribution < 1.29 is 31.5 Å². The highest BCUT2D eigenvalue weighted by Crippen LogP contribution is 2.36. The van der Waals surface area contributed by atoms with Crippen molar-refractivity contribution in [3.8, 4) is 0 Å². The van der Waals surface area contributed by atoms with Gasteiger partial charge in [0.05, 0.1) is 23.1 Å². The van der Waals surface area contributed by atoms with Gasteiger partial charge in [0.15, 0.2) is 0 Å². The van der Waals surface area contributed by atoms with Crippen LogP contribution in [0.25, 0.3) is 5.57 Å². The fourth-order valence-electron chi connectivity index (χ4n) is 8.38. The number of anilines is 1. The maximum absolute atomic E-state index is 13.8. The molecule has 0 unspecified atom stereocenters. The topological polar surface area (TPSA) is 50.3 Å². The molecule has 7 nitrogen and oxygen atoms in total. The van der Waals surface area contributed by atoms with Crippen molar-refractivity contribution >= 4 is 46.0 Å². The van der Waals surface area contributed by atoms with Crippen LogP contribution in [0.1, 0.15) is 69.9 Å². The van der Waals surface area contributed by atoms with Gasteiger partial charge in [0.25, 0.3) is 0 Å². The number of hydrogen-bond acceptors (Lipinski definition) is 7. The second kappa shape index (κ2) is 20.9. The normalized spacial score (nSPS) is 20.1. The number of piperazine rings is 1. The zero-order valence-electron chi connectivity index (χ0n) is 32.7. The first-order valence-electron chi connectivity index (χ1n) is 20.0. The summed E-state index contributed by atoms with van der Waals surface area (Å²) in [6.07, 6.45) is 5.21. The summed E-state index contributed by atoms with van der Waals surface area (Å²) in [4.78, 5) is 33.5. The molecule has 14 heteroatoms. The highest BCUT2D eigenvalue weighted by molar-refractivity contribution is 6.43. The highest BCUT2D eigenvalue weighted by atomic mass is 35.5. The zero-order valence-corrected chi connectivity index (χ0v) is 34.2. The van der Waals surface area contributed by atoms with Crippen LogP contribution in [0.3, 0.4) is 0 Å². The fourth-order valence-corrected chi connectivity index (χ4v) is 8.80. The Morgan fingerprint density at radius 3 is 1.70 bits per heavy atom. The summed E-state index contributed by atoms with van der Waals surface area (Å²) in [5.74, 6) is -1.25. The zero-order chi connectivity index (χ0) is 40.4. The number of benzene rings is 2. The van der Waals surface area contributed by atoms with E-state index in [1.54, 1.807) is 18.7 Å². The van der Waals surface area contributed by atoms with Crippen LogP contribution in [0.4, 0.5) is 27.6 Å². The van der Waals surface area contributed by atoms with E-state index in [2.05, 4.69) is 31.7 Å². The van der Waals surface area contributed by atoms with E-state index in [1.807, 2.05) is 12.1 Å². The van der Waals surface area contributed by atoms with Gasteiger partial charge in [0.2, 0.25) is 0 Å². The Morgan fingerprint density at radius 2 is 1.23 bits per heavy atom. The summed E-state index contributed by atoms with van der Waals surface area (Å²) in [6, 6.07) is 7.41. The van der Waals surface area contributed by atoms with E-state index in [4.69, 9.17) is 23.2 Å². The molecule has 4 aliphatic heterocycles. The van der Waals surface area contributed by atoms with E-state index in [0.717, 1.165) is 102 Å². The molecule has 56 heavy (non-hydrogen) atoms. The largest absolute Gasteiger partial charge is 0.422 e. The number of likely N-dealkylation sites (tertiary alicyclic amines) is 2. The van der Waals surface area contributed by atoms with Crippen LogP contribution in [0, 0.1) is 23.5 Å². The van der Waals surface area contributed by atoms with E-state index in [1.165, 1.54) is 24.8 Å². The quantitative estimate of drug-likeness (QED) is 0.199. The number of alkyl halides is 3. The second-order valence-corrected chi connectivity index (χ2v) is 16.7. The molecule has 0 spiro atoms. The van der Waals surface area contributed by atoms with Crippen LogP contribution in [-0.2, 0) is 15.8 Å². The van der Waals surface area contributed by atoms with Crippen molar-refractivity contribution in [2.24, 2.45) is 11.8 Å². The Balaban J connectivity index is 0.000000216. The lowest BCUT2D eigenvalue weighted by molar-refractivity contribution is -0.142. The molecule has 6 rings (SSSR count). The molecule has 2 aromatic carbocycles. The minimum atomic E-state index is -5.05. The summed E-state index contributed by atoms with van der Waals surface area (Å²) in [7, 11) is 0.